The molecule has 0 aromatic heterocycles. The van der Waals surface area contributed by atoms with E-state index in [4.69, 9.17) is 21.1 Å². The summed E-state index contributed by atoms with van der Waals surface area (Å²) in [5.74, 6) is 1.15. The number of hydrogen-bond donors (Lipinski definition) is 1. The van der Waals surface area contributed by atoms with Gasteiger partial charge in [0.1, 0.15) is 6.61 Å². The number of amides is 1. The molecule has 8 heteroatoms. The maximum absolute atomic E-state index is 12.5. The SMILES string of the molecule is CCOc1cc(/C=C2\SC(=Nc3ccc(Cl)cc3)NC2=O)cc(I)c1OCc1ccc(C)cc1. The van der Waals surface area contributed by atoms with Crippen LogP contribution in [0, 0.1) is 10.5 Å². The molecule has 0 unspecified atom stereocenters. The van der Waals surface area contributed by atoms with Crippen molar-refractivity contribution >= 4 is 68.8 Å². The van der Waals surface area contributed by atoms with E-state index in [0.717, 1.165) is 20.4 Å². The first-order chi connectivity index (χ1) is 16.4. The molecule has 174 valence electrons. The maximum Gasteiger partial charge on any atom is 0.264 e. The van der Waals surface area contributed by atoms with Crippen LogP contribution < -0.4 is 14.8 Å². The quantitative estimate of drug-likeness (QED) is 0.230. The zero-order chi connectivity index (χ0) is 24.1. The van der Waals surface area contributed by atoms with Gasteiger partial charge >= 0.3 is 0 Å². The molecule has 1 amide bonds. The Labute approximate surface area is 221 Å². The Morgan fingerprint density at radius 2 is 1.82 bits per heavy atom. The van der Waals surface area contributed by atoms with Gasteiger partial charge in [-0.25, -0.2) is 4.99 Å². The molecule has 1 aliphatic heterocycles. The summed E-state index contributed by atoms with van der Waals surface area (Å²) in [5.41, 5.74) is 3.86. The van der Waals surface area contributed by atoms with Gasteiger partial charge in [0.05, 0.1) is 20.8 Å². The molecule has 4 rings (SSSR count). The lowest BCUT2D eigenvalue weighted by Crippen LogP contribution is -2.19. The summed E-state index contributed by atoms with van der Waals surface area (Å²) in [6, 6.07) is 19.2. The van der Waals surface area contributed by atoms with Crippen LogP contribution in [0.25, 0.3) is 6.08 Å². The first-order valence-corrected chi connectivity index (χ1v) is 12.9. The molecular formula is C26H22ClIN2O3S. The maximum atomic E-state index is 12.5. The Morgan fingerprint density at radius 1 is 1.09 bits per heavy atom. The highest BCUT2D eigenvalue weighted by molar-refractivity contribution is 14.1. The Bertz CT molecular complexity index is 1260. The monoisotopic (exact) mass is 604 g/mol. The number of hydrogen-bond acceptors (Lipinski definition) is 5. The van der Waals surface area contributed by atoms with Crippen LogP contribution in [-0.4, -0.2) is 17.7 Å². The van der Waals surface area contributed by atoms with Crippen LogP contribution in [0.4, 0.5) is 5.69 Å². The highest BCUT2D eigenvalue weighted by Gasteiger charge is 2.24. The van der Waals surface area contributed by atoms with Crippen molar-refractivity contribution in [3.05, 3.63) is 90.9 Å². The second kappa shape index (κ2) is 11.3. The molecule has 1 heterocycles. The largest absolute Gasteiger partial charge is 0.490 e. The molecule has 0 atom stereocenters. The number of halogens is 2. The number of nitrogens with zero attached hydrogens (tertiary/aromatic N) is 1. The van der Waals surface area contributed by atoms with Crippen molar-refractivity contribution in [2.24, 2.45) is 4.99 Å². The number of nitrogens with one attached hydrogen (secondary N) is 1. The second-order valence-corrected chi connectivity index (χ2v) is 10.1. The van der Waals surface area contributed by atoms with E-state index in [1.807, 2.05) is 25.1 Å². The number of benzene rings is 3. The lowest BCUT2D eigenvalue weighted by molar-refractivity contribution is -0.115. The number of amidine groups is 1. The number of aliphatic imine (C=N–C) groups is 1. The molecule has 5 nitrogen and oxygen atoms in total. The minimum Gasteiger partial charge on any atom is -0.490 e. The van der Waals surface area contributed by atoms with Gasteiger partial charge in [0, 0.05) is 5.02 Å². The molecule has 1 saturated heterocycles. The zero-order valence-corrected chi connectivity index (χ0v) is 22.3. The fraction of sp³-hybridized carbons (Fsp3) is 0.154. The van der Waals surface area contributed by atoms with Crippen LogP contribution in [0.5, 0.6) is 11.5 Å². The van der Waals surface area contributed by atoms with Crippen LogP contribution in [0.2, 0.25) is 5.02 Å². The highest BCUT2D eigenvalue weighted by Crippen LogP contribution is 2.37. The second-order valence-electron chi connectivity index (χ2n) is 7.50. The number of thioether (sulfide) groups is 1. The summed E-state index contributed by atoms with van der Waals surface area (Å²) in [4.78, 5) is 17.6. The van der Waals surface area contributed by atoms with E-state index in [1.165, 1.54) is 17.3 Å². The zero-order valence-electron chi connectivity index (χ0n) is 18.6. The molecule has 1 aliphatic rings. The van der Waals surface area contributed by atoms with Gasteiger partial charge in [-0.3, -0.25) is 4.79 Å². The fourth-order valence-corrected chi connectivity index (χ4v) is 4.93. The van der Waals surface area contributed by atoms with Crippen molar-refractivity contribution < 1.29 is 14.3 Å². The van der Waals surface area contributed by atoms with Crippen LogP contribution in [-0.2, 0) is 11.4 Å². The highest BCUT2D eigenvalue weighted by atomic mass is 127. The van der Waals surface area contributed by atoms with Crippen LogP contribution in [0.1, 0.15) is 23.6 Å². The Morgan fingerprint density at radius 3 is 2.53 bits per heavy atom. The molecule has 0 saturated carbocycles. The molecular weight excluding hydrogens is 583 g/mol. The number of rotatable bonds is 7. The van der Waals surface area contributed by atoms with E-state index in [1.54, 1.807) is 24.3 Å². The summed E-state index contributed by atoms with van der Waals surface area (Å²) in [7, 11) is 0. The van der Waals surface area contributed by atoms with Crippen molar-refractivity contribution in [3.63, 3.8) is 0 Å². The van der Waals surface area contributed by atoms with E-state index in [2.05, 4.69) is 64.1 Å². The van der Waals surface area contributed by atoms with Gasteiger partial charge < -0.3 is 14.8 Å². The number of ether oxygens (including phenoxy) is 2. The third-order valence-corrected chi connectivity index (χ3v) is 6.80. The Kier molecular flexibility index (Phi) is 8.18. The van der Waals surface area contributed by atoms with E-state index >= 15 is 0 Å². The van der Waals surface area contributed by atoms with Gasteiger partial charge in [0.15, 0.2) is 16.7 Å². The third kappa shape index (κ3) is 6.34. The average molecular weight is 605 g/mol. The Hall–Kier alpha value is -2.49. The molecule has 34 heavy (non-hydrogen) atoms. The normalized spacial score (nSPS) is 15.6. The number of aryl methyl sites for hydroxylation is 1. The summed E-state index contributed by atoms with van der Waals surface area (Å²) >= 11 is 9.46. The van der Waals surface area contributed by atoms with Crippen LogP contribution in [0.3, 0.4) is 0 Å². The Balaban J connectivity index is 1.54. The van der Waals surface area contributed by atoms with Crippen molar-refractivity contribution in [1.29, 1.82) is 0 Å². The van der Waals surface area contributed by atoms with E-state index in [9.17, 15) is 4.79 Å². The molecule has 3 aromatic carbocycles. The predicted molar refractivity (Wildman–Crippen MR) is 148 cm³/mol. The molecule has 0 aliphatic carbocycles. The smallest absolute Gasteiger partial charge is 0.264 e. The van der Waals surface area contributed by atoms with E-state index < -0.39 is 0 Å². The molecule has 0 bridgehead atoms. The third-order valence-electron chi connectivity index (χ3n) is 4.84. The van der Waals surface area contributed by atoms with Crippen molar-refractivity contribution in [2.75, 3.05) is 6.61 Å². The van der Waals surface area contributed by atoms with E-state index in [0.29, 0.717) is 39.8 Å². The number of carbonyl (C=O) groups is 1. The van der Waals surface area contributed by atoms with E-state index in [-0.39, 0.29) is 5.91 Å². The standard InChI is InChI=1S/C26H22ClIN2O3S/c1-3-32-22-13-18(12-21(28)24(22)33-15-17-6-4-16(2)5-7-17)14-23-25(31)30-26(34-23)29-20-10-8-19(27)9-11-20/h4-14H,3,15H2,1-2H3,(H,29,30,31)/b23-14-. The molecule has 0 spiro atoms. The van der Waals surface area contributed by atoms with Crippen molar-refractivity contribution in [1.82, 2.24) is 5.32 Å². The minimum atomic E-state index is -0.189. The molecule has 1 fully saturated rings. The summed E-state index contributed by atoms with van der Waals surface area (Å²) in [6.45, 7) is 4.94. The van der Waals surface area contributed by atoms with Gasteiger partial charge in [-0.1, -0.05) is 41.4 Å². The lowest BCUT2D eigenvalue weighted by Gasteiger charge is -2.15. The lowest BCUT2D eigenvalue weighted by atomic mass is 10.1. The predicted octanol–water partition coefficient (Wildman–Crippen LogP) is 7.12. The van der Waals surface area contributed by atoms with Crippen LogP contribution in [0.15, 0.2) is 70.6 Å². The van der Waals surface area contributed by atoms with Gasteiger partial charge in [-0.2, -0.15) is 0 Å². The van der Waals surface area contributed by atoms with Gasteiger partial charge in [0.25, 0.3) is 5.91 Å². The minimum absolute atomic E-state index is 0.189. The number of carbonyl (C=O) groups excluding carboxylic acids is 1. The molecule has 0 radical (unpaired) electrons. The first kappa shape index (κ1) is 24.6. The summed E-state index contributed by atoms with van der Waals surface area (Å²) in [5, 5.41) is 3.97. The van der Waals surface area contributed by atoms with Crippen LogP contribution >= 0.6 is 46.0 Å². The van der Waals surface area contributed by atoms with Gasteiger partial charge in [-0.15, -0.1) is 0 Å². The fourth-order valence-electron chi connectivity index (χ4n) is 3.18. The average Bonchev–Trinajstić information content (AvgIpc) is 3.14. The van der Waals surface area contributed by atoms with Crippen molar-refractivity contribution in [3.8, 4) is 11.5 Å². The van der Waals surface area contributed by atoms with Crippen molar-refractivity contribution in [2.45, 2.75) is 20.5 Å². The van der Waals surface area contributed by atoms with Gasteiger partial charge in [0.2, 0.25) is 0 Å². The molecule has 3 aromatic rings. The van der Waals surface area contributed by atoms with Gasteiger partial charge in [-0.05, 0) is 102 Å². The summed E-state index contributed by atoms with van der Waals surface area (Å²) in [6.07, 6.45) is 1.83. The first-order valence-electron chi connectivity index (χ1n) is 10.6. The topological polar surface area (TPSA) is 59.9 Å². The molecule has 1 N–H and O–H groups in total. The summed E-state index contributed by atoms with van der Waals surface area (Å²) < 4.78 is 12.9.